The lowest BCUT2D eigenvalue weighted by atomic mass is 9.99. The first-order valence-corrected chi connectivity index (χ1v) is 17.2. The number of carbonyl (C=O) groups excluding carboxylic acids is 2. The Labute approximate surface area is 297 Å². The summed E-state index contributed by atoms with van der Waals surface area (Å²) >= 11 is 7.90. The van der Waals surface area contributed by atoms with Crippen LogP contribution in [0.15, 0.2) is 53.5 Å². The quantitative estimate of drug-likeness (QED) is 0.108. The number of unbranched alkanes of at least 4 members (excludes halogenated alkanes) is 4. The van der Waals surface area contributed by atoms with Crippen molar-refractivity contribution in [3.05, 3.63) is 92.3 Å². The van der Waals surface area contributed by atoms with Crippen molar-refractivity contribution in [3.63, 3.8) is 0 Å². The maximum atomic E-state index is 13.2. The van der Waals surface area contributed by atoms with Crippen LogP contribution in [0, 0.1) is 32.6 Å². The third-order valence-electron chi connectivity index (χ3n) is 8.12. The van der Waals surface area contributed by atoms with E-state index in [4.69, 9.17) is 22.3 Å². The van der Waals surface area contributed by atoms with Crippen molar-refractivity contribution in [3.8, 4) is 16.8 Å². The molecule has 0 saturated heterocycles. The van der Waals surface area contributed by atoms with Crippen molar-refractivity contribution in [2.45, 2.75) is 71.8 Å². The Kier molecular flexibility index (Phi) is 13.4. The normalized spacial score (nSPS) is 13.2. The molecule has 4 aromatic rings. The second-order valence-electron chi connectivity index (χ2n) is 11.6. The molecule has 12 heteroatoms. The first kappa shape index (κ1) is 36.8. The van der Waals surface area contributed by atoms with Crippen LogP contribution in [-0.4, -0.2) is 45.4 Å². The monoisotopic (exact) mass is 705 g/mol. The molecule has 3 heterocycles. The first-order valence-electron chi connectivity index (χ1n) is 16.0. The smallest absolute Gasteiger partial charge is 0.224 e. The number of carbonyl (C=O) groups is 2. The molecule has 0 radical (unpaired) electrons. The zero-order chi connectivity index (χ0) is 33.3. The summed E-state index contributed by atoms with van der Waals surface area (Å²) in [5.41, 5.74) is 11.0. The predicted octanol–water partition coefficient (Wildman–Crippen LogP) is 7.02. The second kappa shape index (κ2) is 17.4. The Morgan fingerprint density at radius 1 is 1.00 bits per heavy atom. The van der Waals surface area contributed by atoms with Crippen LogP contribution in [0.1, 0.15) is 89.8 Å². The molecular formula is C36H41Cl2N7O2S. The minimum Gasteiger partial charge on any atom is -0.356 e. The molecule has 48 heavy (non-hydrogen) atoms. The number of fused-ring (bicyclic) bond motifs is 3. The van der Waals surface area contributed by atoms with Gasteiger partial charge >= 0.3 is 0 Å². The second-order valence-corrected chi connectivity index (χ2v) is 13.3. The van der Waals surface area contributed by atoms with Gasteiger partial charge in [-0.25, -0.2) is 0 Å². The van der Waals surface area contributed by atoms with Gasteiger partial charge in [0.15, 0.2) is 5.82 Å². The predicted molar refractivity (Wildman–Crippen MR) is 197 cm³/mol. The Balaban J connectivity index is 0.00000520. The fourth-order valence-electron chi connectivity index (χ4n) is 5.60. The van der Waals surface area contributed by atoms with Crippen LogP contribution < -0.4 is 16.4 Å². The average molecular weight is 707 g/mol. The summed E-state index contributed by atoms with van der Waals surface area (Å²) < 4.78 is 2.06. The van der Waals surface area contributed by atoms with Crippen molar-refractivity contribution in [1.29, 1.82) is 0 Å². The van der Waals surface area contributed by atoms with Crippen molar-refractivity contribution in [2.75, 3.05) is 18.4 Å². The van der Waals surface area contributed by atoms with Gasteiger partial charge in [-0.2, -0.15) is 0 Å². The number of amides is 2. The molecule has 9 nitrogen and oxygen atoms in total. The van der Waals surface area contributed by atoms with Crippen molar-refractivity contribution >= 4 is 58.6 Å². The fourth-order valence-corrected chi connectivity index (χ4v) is 6.94. The van der Waals surface area contributed by atoms with Gasteiger partial charge in [-0.1, -0.05) is 60.9 Å². The lowest BCUT2D eigenvalue weighted by Crippen LogP contribution is -2.26. The number of hydrogen-bond acceptors (Lipinski definition) is 7. The molecule has 252 valence electrons. The molecule has 1 aliphatic rings. The van der Waals surface area contributed by atoms with Gasteiger partial charge in [0.2, 0.25) is 11.8 Å². The zero-order valence-electron chi connectivity index (χ0n) is 27.4. The molecule has 1 atom stereocenters. The molecule has 0 saturated carbocycles. The first-order chi connectivity index (χ1) is 22.7. The van der Waals surface area contributed by atoms with Crippen LogP contribution >= 0.6 is 35.3 Å². The minimum atomic E-state index is -0.492. The zero-order valence-corrected chi connectivity index (χ0v) is 29.8. The Morgan fingerprint density at radius 2 is 1.75 bits per heavy atom. The van der Waals surface area contributed by atoms with E-state index < -0.39 is 6.04 Å². The number of aromatic nitrogens is 3. The number of aryl methyl sites for hydroxylation is 2. The molecule has 0 unspecified atom stereocenters. The van der Waals surface area contributed by atoms with E-state index in [-0.39, 0.29) is 30.6 Å². The Hall–Kier alpha value is -4.01. The maximum absolute atomic E-state index is 13.2. The summed E-state index contributed by atoms with van der Waals surface area (Å²) in [5.74, 6) is 7.15. The summed E-state index contributed by atoms with van der Waals surface area (Å²) in [6.45, 7) is 7.03. The number of halogens is 2. The average Bonchev–Trinajstić information content (AvgIpc) is 3.53. The number of nitrogens with one attached hydrogen (secondary N) is 2. The number of nitrogens with zero attached hydrogens (tertiary/aromatic N) is 4. The van der Waals surface area contributed by atoms with Crippen LogP contribution in [0.4, 0.5) is 5.69 Å². The molecular weight excluding hydrogens is 665 g/mol. The number of thiophene rings is 1. The van der Waals surface area contributed by atoms with Crippen LogP contribution in [-0.2, 0) is 9.59 Å². The number of anilines is 1. The van der Waals surface area contributed by atoms with E-state index in [0.29, 0.717) is 30.4 Å². The Morgan fingerprint density at radius 3 is 2.52 bits per heavy atom. The summed E-state index contributed by atoms with van der Waals surface area (Å²) in [6.07, 6.45) is 5.22. The molecule has 0 spiro atoms. The van der Waals surface area contributed by atoms with E-state index in [1.165, 1.54) is 4.88 Å². The number of nitrogens with two attached hydrogens (primary N) is 1. The third-order valence-corrected chi connectivity index (χ3v) is 9.56. The van der Waals surface area contributed by atoms with E-state index in [2.05, 4.69) is 51.1 Å². The van der Waals surface area contributed by atoms with Gasteiger partial charge in [-0.15, -0.1) is 33.9 Å². The number of benzene rings is 2. The van der Waals surface area contributed by atoms with Gasteiger partial charge in [0.05, 0.1) is 18.7 Å². The highest BCUT2D eigenvalue weighted by atomic mass is 35.5. The highest BCUT2D eigenvalue weighted by Crippen LogP contribution is 2.39. The lowest BCUT2D eigenvalue weighted by Gasteiger charge is -2.13. The summed E-state index contributed by atoms with van der Waals surface area (Å²) in [4.78, 5) is 31.9. The molecule has 4 N–H and O–H groups in total. The molecule has 2 aromatic heterocycles. The van der Waals surface area contributed by atoms with Crippen LogP contribution in [0.3, 0.4) is 0 Å². The van der Waals surface area contributed by atoms with Gasteiger partial charge in [-0.3, -0.25) is 19.1 Å². The van der Waals surface area contributed by atoms with Gasteiger partial charge in [0.25, 0.3) is 0 Å². The molecule has 0 aliphatic carbocycles. The Bertz CT molecular complexity index is 1840. The molecule has 0 bridgehead atoms. The standard InChI is InChI=1S/C36H40ClN7O2S.ClH/c1-23-24(2)47-36-33(23)34(27-15-17-28(37)18-16-27)41-30(35-43-42-25(3)44(35)36)22-32(46)39-20-8-6-4-5-7-14-31(45)40-29-13-9-11-26(21-29)12-10-19-38;/h9,11,13,15-18,21,30H,4-8,14,19-20,22,38H2,1-3H3,(H,39,46)(H,40,45);1H/t30-;/m0./s1. The van der Waals surface area contributed by atoms with E-state index in [1.54, 1.807) is 11.3 Å². The molecule has 2 amide bonds. The minimum absolute atomic E-state index is 0. The largest absolute Gasteiger partial charge is 0.356 e. The van der Waals surface area contributed by atoms with Gasteiger partial charge in [0, 0.05) is 45.2 Å². The third kappa shape index (κ3) is 9.11. The number of rotatable bonds is 12. The van der Waals surface area contributed by atoms with E-state index in [1.807, 2.05) is 55.5 Å². The van der Waals surface area contributed by atoms with Crippen molar-refractivity contribution in [1.82, 2.24) is 20.1 Å². The molecule has 1 aliphatic heterocycles. The SMILES string of the molecule is Cc1sc2c(c1C)C(c1ccc(Cl)cc1)=N[C@@H](CC(=O)NCCCCCCCC(=O)Nc1cccc(C#CCN)c1)c1nnc(C)n1-2.Cl. The van der Waals surface area contributed by atoms with E-state index >= 15 is 0 Å². The topological polar surface area (TPSA) is 127 Å². The van der Waals surface area contributed by atoms with Crippen molar-refractivity contribution < 1.29 is 9.59 Å². The van der Waals surface area contributed by atoms with Gasteiger partial charge in [-0.05, 0) is 69.5 Å². The lowest BCUT2D eigenvalue weighted by molar-refractivity contribution is -0.121. The highest BCUT2D eigenvalue weighted by Gasteiger charge is 2.32. The maximum Gasteiger partial charge on any atom is 0.224 e. The van der Waals surface area contributed by atoms with Gasteiger partial charge in [0.1, 0.15) is 16.9 Å². The van der Waals surface area contributed by atoms with Gasteiger partial charge < -0.3 is 16.4 Å². The summed E-state index contributed by atoms with van der Waals surface area (Å²) in [7, 11) is 0. The number of aliphatic imine (C=N–C) groups is 1. The van der Waals surface area contributed by atoms with E-state index in [9.17, 15) is 9.59 Å². The molecule has 0 fully saturated rings. The van der Waals surface area contributed by atoms with Crippen LogP contribution in [0.25, 0.3) is 5.00 Å². The molecule has 2 aromatic carbocycles. The molecule has 5 rings (SSSR count). The van der Waals surface area contributed by atoms with Crippen LogP contribution in [0.2, 0.25) is 5.02 Å². The van der Waals surface area contributed by atoms with Crippen LogP contribution in [0.5, 0.6) is 0 Å². The van der Waals surface area contributed by atoms with Crippen molar-refractivity contribution in [2.24, 2.45) is 10.7 Å². The van der Waals surface area contributed by atoms with E-state index in [0.717, 1.165) is 76.6 Å². The highest BCUT2D eigenvalue weighted by molar-refractivity contribution is 7.15. The summed E-state index contributed by atoms with van der Waals surface area (Å²) in [6, 6.07) is 14.6. The summed E-state index contributed by atoms with van der Waals surface area (Å²) in [5, 5.41) is 16.6. The number of hydrogen-bond donors (Lipinski definition) is 3. The fraction of sp³-hybridized carbons (Fsp3) is 0.361.